The van der Waals surface area contributed by atoms with Gasteiger partial charge in [0, 0.05) is 35.1 Å². The van der Waals surface area contributed by atoms with Gasteiger partial charge in [0.2, 0.25) is 0 Å². The van der Waals surface area contributed by atoms with Crippen molar-refractivity contribution in [1.82, 2.24) is 14.9 Å². The van der Waals surface area contributed by atoms with Crippen LogP contribution in [0.5, 0.6) is 0 Å². The van der Waals surface area contributed by atoms with Crippen molar-refractivity contribution in [1.29, 1.82) is 0 Å². The number of anilines is 3. The van der Waals surface area contributed by atoms with Crippen LogP contribution in [0, 0.1) is 28.5 Å². The maximum atomic E-state index is 14.4. The van der Waals surface area contributed by atoms with Crippen molar-refractivity contribution < 1.29 is 4.39 Å². The molecular weight excluding hydrogens is 461 g/mol. The predicted molar refractivity (Wildman–Crippen MR) is 141 cm³/mol. The molecule has 1 aliphatic heterocycles. The number of nitrogens with zero attached hydrogens (tertiary/aromatic N) is 3. The Morgan fingerprint density at radius 3 is 2.89 bits per heavy atom. The Labute approximate surface area is 210 Å². The molecule has 1 aliphatic carbocycles. The van der Waals surface area contributed by atoms with Crippen LogP contribution in [0.4, 0.5) is 21.6 Å². The maximum absolute atomic E-state index is 14.4. The minimum atomic E-state index is -0.534. The number of benzene rings is 2. The summed E-state index contributed by atoms with van der Waals surface area (Å²) >= 11 is 5.92. The Bertz CT molecular complexity index is 1410. The number of rotatable bonds is 5. The van der Waals surface area contributed by atoms with Gasteiger partial charge in [0.1, 0.15) is 12.1 Å². The summed E-state index contributed by atoms with van der Waals surface area (Å²) in [4.78, 5) is 11.1. The van der Waals surface area contributed by atoms with E-state index in [4.69, 9.17) is 17.3 Å². The van der Waals surface area contributed by atoms with Crippen LogP contribution in [-0.2, 0) is 0 Å². The van der Waals surface area contributed by atoms with Crippen molar-refractivity contribution in [2.75, 3.05) is 31.2 Å². The third-order valence-corrected chi connectivity index (χ3v) is 7.66. The number of hydrogen-bond acceptors (Lipinski definition) is 5. The molecule has 0 radical (unpaired) electrons. The number of aromatic nitrogens is 2. The third-order valence-electron chi connectivity index (χ3n) is 7.37. The van der Waals surface area contributed by atoms with Gasteiger partial charge in [-0.3, -0.25) is 0 Å². The topological polar surface area (TPSA) is 67.1 Å². The second kappa shape index (κ2) is 8.82. The fraction of sp³-hybridized carbons (Fsp3) is 0.357. The second-order valence-corrected chi connectivity index (χ2v) is 10.1. The lowest BCUT2D eigenvalue weighted by atomic mass is 9.86. The fourth-order valence-corrected chi connectivity index (χ4v) is 5.93. The number of hydrogen-bond donors (Lipinski definition) is 2. The van der Waals surface area contributed by atoms with Crippen molar-refractivity contribution in [3.63, 3.8) is 0 Å². The number of allylic oxidation sites excluding steroid dienone is 1. The Balaban J connectivity index is 1.50. The highest BCUT2D eigenvalue weighted by Gasteiger charge is 2.71. The Hall–Kier alpha value is -3.14. The molecule has 3 N–H and O–H groups in total. The number of halogens is 2. The molecule has 2 aliphatic rings. The monoisotopic (exact) mass is 489 g/mol. The molecule has 3 aromatic rings. The summed E-state index contributed by atoms with van der Waals surface area (Å²) in [6, 6.07) is 8.48. The van der Waals surface area contributed by atoms with E-state index in [-0.39, 0.29) is 21.5 Å². The smallest absolute Gasteiger partial charge is 0.165 e. The van der Waals surface area contributed by atoms with Gasteiger partial charge in [0.25, 0.3) is 0 Å². The molecule has 7 heteroatoms. The van der Waals surface area contributed by atoms with Gasteiger partial charge >= 0.3 is 0 Å². The van der Waals surface area contributed by atoms with Gasteiger partial charge in [0.05, 0.1) is 21.6 Å². The number of nitrogens with two attached hydrogens (primary N) is 1. The van der Waals surface area contributed by atoms with Gasteiger partial charge in [-0.25, -0.2) is 14.4 Å². The van der Waals surface area contributed by atoms with Gasteiger partial charge in [-0.2, -0.15) is 0 Å². The first-order valence-corrected chi connectivity index (χ1v) is 12.4. The summed E-state index contributed by atoms with van der Waals surface area (Å²) < 4.78 is 14.4. The lowest BCUT2D eigenvalue weighted by Gasteiger charge is -2.18. The highest BCUT2D eigenvalue weighted by molar-refractivity contribution is 6.31. The van der Waals surface area contributed by atoms with Gasteiger partial charge in [0.15, 0.2) is 5.82 Å². The van der Waals surface area contributed by atoms with Crippen LogP contribution in [0.1, 0.15) is 38.7 Å². The molecule has 0 amide bonds. The largest absolute Gasteiger partial charge is 0.398 e. The van der Waals surface area contributed by atoms with E-state index in [9.17, 15) is 4.39 Å². The maximum Gasteiger partial charge on any atom is 0.165 e. The van der Waals surface area contributed by atoms with E-state index in [2.05, 4.69) is 59.0 Å². The molecule has 35 heavy (non-hydrogen) atoms. The SMILES string of the molecule is CC/C=C(\CC)C12CN(C)C[C@]1(C#Cc1cc3ncnc(Nc4cccc(Cl)c4F)c3cc1N)C2. The van der Waals surface area contributed by atoms with E-state index in [1.165, 1.54) is 18.0 Å². The number of likely N-dealkylation sites (tertiary alicyclic amines) is 1. The normalized spacial score (nSPS) is 23.6. The van der Waals surface area contributed by atoms with E-state index < -0.39 is 5.82 Å². The lowest BCUT2D eigenvalue weighted by Crippen LogP contribution is -2.21. The molecule has 1 aromatic heterocycles. The molecule has 2 atom stereocenters. The molecule has 1 saturated heterocycles. The molecule has 0 spiro atoms. The van der Waals surface area contributed by atoms with Crippen molar-refractivity contribution in [3.8, 4) is 11.8 Å². The fourth-order valence-electron chi connectivity index (χ4n) is 5.76. The van der Waals surface area contributed by atoms with Crippen LogP contribution in [0.3, 0.4) is 0 Å². The number of nitrogen functional groups attached to an aromatic ring is 1. The number of piperidine rings is 1. The molecule has 2 fully saturated rings. The molecule has 5 rings (SSSR count). The van der Waals surface area contributed by atoms with E-state index >= 15 is 0 Å². The van der Waals surface area contributed by atoms with Crippen LogP contribution < -0.4 is 11.1 Å². The summed E-state index contributed by atoms with van der Waals surface area (Å²) in [6.07, 6.45) is 7.04. The standard InChI is InChI=1S/C28H29ClFN5/c1-4-7-19(5-2)28-14-27(28,15-35(3)16-28)11-10-18-12-24-20(13-22(18)31)26(33-17-32-24)34-23-9-6-8-21(29)25(23)30/h6-9,12-13,17H,4-5,14-16,31H2,1-3H3,(H,32,33,34)/b19-7+/t27-,28?/m0/s1. The average molecular weight is 490 g/mol. The van der Waals surface area contributed by atoms with Crippen molar-refractivity contribution in [2.45, 2.75) is 33.1 Å². The van der Waals surface area contributed by atoms with Gasteiger partial charge in [-0.1, -0.05) is 55.0 Å². The first-order chi connectivity index (χ1) is 16.8. The molecule has 2 heterocycles. The Kier molecular flexibility index (Phi) is 5.94. The van der Waals surface area contributed by atoms with E-state index in [1.807, 2.05) is 6.07 Å². The zero-order valence-electron chi connectivity index (χ0n) is 20.3. The van der Waals surface area contributed by atoms with Crippen LogP contribution in [0.15, 0.2) is 48.3 Å². The first kappa shape index (κ1) is 23.6. The summed E-state index contributed by atoms with van der Waals surface area (Å²) in [5.74, 6) is 6.95. The number of nitrogens with one attached hydrogen (secondary N) is 1. The van der Waals surface area contributed by atoms with E-state index in [1.54, 1.807) is 18.2 Å². The average Bonchev–Trinajstić information content (AvgIpc) is 3.35. The van der Waals surface area contributed by atoms with Crippen LogP contribution in [0.25, 0.3) is 10.9 Å². The van der Waals surface area contributed by atoms with Crippen molar-refractivity contribution >= 4 is 39.7 Å². The molecule has 1 unspecified atom stereocenters. The molecule has 0 bridgehead atoms. The Morgan fingerprint density at radius 1 is 1.29 bits per heavy atom. The summed E-state index contributed by atoms with van der Waals surface area (Å²) in [7, 11) is 2.18. The van der Waals surface area contributed by atoms with E-state index in [0.717, 1.165) is 37.9 Å². The van der Waals surface area contributed by atoms with Crippen molar-refractivity contribution in [2.24, 2.45) is 10.8 Å². The molecule has 2 aromatic carbocycles. The molecule has 180 valence electrons. The van der Waals surface area contributed by atoms with Gasteiger partial charge in [-0.15, -0.1) is 0 Å². The molecular formula is C28H29ClFN5. The third kappa shape index (κ3) is 3.93. The van der Waals surface area contributed by atoms with Crippen LogP contribution in [-0.4, -0.2) is 35.0 Å². The van der Waals surface area contributed by atoms with Gasteiger partial charge < -0.3 is 16.0 Å². The highest BCUT2D eigenvalue weighted by Crippen LogP contribution is 2.72. The molecule has 1 saturated carbocycles. The number of fused-ring (bicyclic) bond motifs is 2. The quantitative estimate of drug-likeness (QED) is 0.255. The Morgan fingerprint density at radius 2 is 2.11 bits per heavy atom. The molecule has 5 nitrogen and oxygen atoms in total. The highest BCUT2D eigenvalue weighted by atomic mass is 35.5. The zero-order chi connectivity index (χ0) is 24.8. The summed E-state index contributed by atoms with van der Waals surface area (Å²) in [6.45, 7) is 6.46. The minimum Gasteiger partial charge on any atom is -0.398 e. The lowest BCUT2D eigenvalue weighted by molar-refractivity contribution is 0.345. The second-order valence-electron chi connectivity index (χ2n) is 9.66. The van der Waals surface area contributed by atoms with Gasteiger partial charge in [-0.05, 0) is 50.6 Å². The van der Waals surface area contributed by atoms with Crippen LogP contribution >= 0.6 is 11.6 Å². The van der Waals surface area contributed by atoms with E-state index in [0.29, 0.717) is 22.4 Å². The summed E-state index contributed by atoms with van der Waals surface area (Å²) in [5, 5.41) is 3.75. The zero-order valence-corrected chi connectivity index (χ0v) is 21.0. The minimum absolute atomic E-state index is 0.0251. The summed E-state index contributed by atoms with van der Waals surface area (Å²) in [5.41, 5.74) is 10.3. The van der Waals surface area contributed by atoms with Crippen molar-refractivity contribution in [3.05, 3.63) is 64.7 Å². The first-order valence-electron chi connectivity index (χ1n) is 12.0. The predicted octanol–water partition coefficient (Wildman–Crippen LogP) is 6.17. The van der Waals surface area contributed by atoms with Crippen LogP contribution in [0.2, 0.25) is 5.02 Å².